The maximum absolute atomic E-state index is 13.1. The van der Waals surface area contributed by atoms with Crippen LogP contribution in [0.5, 0.6) is 0 Å². The smallest absolute Gasteiger partial charge is 0.282 e. The van der Waals surface area contributed by atoms with Crippen molar-refractivity contribution in [3.8, 4) is 11.1 Å². The number of hydrogen-bond donors (Lipinski definition) is 2. The number of nitrogens with zero attached hydrogens (tertiary/aromatic N) is 5. The van der Waals surface area contributed by atoms with Gasteiger partial charge in [0.2, 0.25) is 0 Å². The van der Waals surface area contributed by atoms with Gasteiger partial charge in [0, 0.05) is 29.9 Å². The second kappa shape index (κ2) is 8.38. The largest absolute Gasteiger partial charge is 0.344 e. The third-order valence-electron chi connectivity index (χ3n) is 6.44. The second-order valence-corrected chi connectivity index (χ2v) is 9.12. The number of aromatic amines is 1. The van der Waals surface area contributed by atoms with E-state index in [-0.39, 0.29) is 24.7 Å². The number of carbonyl (C=O) groups is 1. The number of anilines is 2. The van der Waals surface area contributed by atoms with Gasteiger partial charge in [0.05, 0.1) is 30.5 Å². The highest BCUT2D eigenvalue weighted by Gasteiger charge is 2.44. The van der Waals surface area contributed by atoms with Gasteiger partial charge in [-0.15, -0.1) is 0 Å². The standard InChI is InChI=1S/C25H23F2N7O/c26-25(27)14-34(15-25)22-5-3-19(12-29-22)30-24(35)23-20-9-17(2-4-21(20)31-32-23)18-8-16(10-28-11-18)13-33-6-1-7-33/h2-5,8-12H,1,6-7,13-15H2,(H,30,35)(H,31,32). The van der Waals surface area contributed by atoms with Crippen LogP contribution in [0, 0.1) is 0 Å². The molecule has 2 fully saturated rings. The molecule has 2 saturated heterocycles. The molecule has 2 N–H and O–H groups in total. The molecule has 8 nitrogen and oxygen atoms in total. The van der Waals surface area contributed by atoms with E-state index in [1.165, 1.54) is 17.5 Å². The minimum absolute atomic E-state index is 0.262. The minimum atomic E-state index is -2.67. The minimum Gasteiger partial charge on any atom is -0.344 e. The molecule has 6 rings (SSSR count). The Kier molecular flexibility index (Phi) is 5.18. The van der Waals surface area contributed by atoms with Gasteiger partial charge >= 0.3 is 0 Å². The molecule has 0 unspecified atom stereocenters. The molecule has 5 heterocycles. The van der Waals surface area contributed by atoms with Crippen molar-refractivity contribution in [2.24, 2.45) is 0 Å². The fraction of sp³-hybridized carbons (Fsp3) is 0.280. The van der Waals surface area contributed by atoms with E-state index >= 15 is 0 Å². The van der Waals surface area contributed by atoms with Crippen LogP contribution in [0.25, 0.3) is 22.0 Å². The maximum atomic E-state index is 13.1. The summed E-state index contributed by atoms with van der Waals surface area (Å²) in [5, 5.41) is 10.6. The zero-order chi connectivity index (χ0) is 24.0. The molecule has 0 aliphatic carbocycles. The Morgan fingerprint density at radius 2 is 1.91 bits per heavy atom. The van der Waals surface area contributed by atoms with Gasteiger partial charge in [-0.2, -0.15) is 5.10 Å². The number of pyridine rings is 2. The molecule has 1 amide bonds. The number of amides is 1. The van der Waals surface area contributed by atoms with Crippen molar-refractivity contribution in [3.05, 3.63) is 66.2 Å². The summed E-state index contributed by atoms with van der Waals surface area (Å²) in [4.78, 5) is 25.4. The van der Waals surface area contributed by atoms with Crippen molar-refractivity contribution in [3.63, 3.8) is 0 Å². The molecule has 0 saturated carbocycles. The Morgan fingerprint density at radius 3 is 2.63 bits per heavy atom. The summed E-state index contributed by atoms with van der Waals surface area (Å²) in [6.07, 6.45) is 6.41. The topological polar surface area (TPSA) is 90.0 Å². The molecule has 10 heteroatoms. The highest BCUT2D eigenvalue weighted by molar-refractivity contribution is 6.11. The van der Waals surface area contributed by atoms with E-state index in [1.807, 2.05) is 30.6 Å². The lowest BCUT2D eigenvalue weighted by atomic mass is 10.0. The average Bonchev–Trinajstić information content (AvgIpc) is 3.24. The third kappa shape index (κ3) is 4.32. The Hall–Kier alpha value is -3.92. The first kappa shape index (κ1) is 21.6. The van der Waals surface area contributed by atoms with Crippen LogP contribution in [-0.2, 0) is 6.54 Å². The molecule has 4 aromatic rings. The first-order valence-corrected chi connectivity index (χ1v) is 11.5. The Labute approximate surface area is 200 Å². The Balaban J connectivity index is 1.20. The highest BCUT2D eigenvalue weighted by Crippen LogP contribution is 2.31. The maximum Gasteiger partial charge on any atom is 0.282 e. The van der Waals surface area contributed by atoms with Gasteiger partial charge in [0.25, 0.3) is 11.8 Å². The molecule has 0 bridgehead atoms. The lowest BCUT2D eigenvalue weighted by Gasteiger charge is -2.39. The van der Waals surface area contributed by atoms with Crippen LogP contribution in [0.3, 0.4) is 0 Å². The number of halogens is 2. The number of hydrogen-bond acceptors (Lipinski definition) is 6. The van der Waals surface area contributed by atoms with Crippen LogP contribution >= 0.6 is 0 Å². The molecular formula is C25H23F2N7O. The summed E-state index contributed by atoms with van der Waals surface area (Å²) in [7, 11) is 0. The lowest BCUT2D eigenvalue weighted by Crippen LogP contribution is -2.56. The number of fused-ring (bicyclic) bond motifs is 1. The summed E-state index contributed by atoms with van der Waals surface area (Å²) >= 11 is 0. The molecule has 0 radical (unpaired) electrons. The van der Waals surface area contributed by atoms with Crippen molar-refractivity contribution in [1.29, 1.82) is 0 Å². The molecular weight excluding hydrogens is 452 g/mol. The monoisotopic (exact) mass is 475 g/mol. The van der Waals surface area contributed by atoms with E-state index in [9.17, 15) is 13.6 Å². The van der Waals surface area contributed by atoms with Crippen LogP contribution in [0.2, 0.25) is 0 Å². The summed E-state index contributed by atoms with van der Waals surface area (Å²) < 4.78 is 26.2. The zero-order valence-corrected chi connectivity index (χ0v) is 18.8. The van der Waals surface area contributed by atoms with Gasteiger partial charge in [0.1, 0.15) is 5.82 Å². The van der Waals surface area contributed by atoms with Gasteiger partial charge in [-0.3, -0.25) is 19.8 Å². The van der Waals surface area contributed by atoms with E-state index in [0.717, 1.165) is 41.8 Å². The van der Waals surface area contributed by atoms with Gasteiger partial charge in [-0.05, 0) is 61.0 Å². The van der Waals surface area contributed by atoms with E-state index in [4.69, 9.17) is 0 Å². The number of nitrogens with one attached hydrogen (secondary N) is 2. The molecule has 178 valence electrons. The van der Waals surface area contributed by atoms with Crippen molar-refractivity contribution < 1.29 is 13.6 Å². The fourth-order valence-electron chi connectivity index (χ4n) is 4.41. The van der Waals surface area contributed by atoms with Gasteiger partial charge in [-0.1, -0.05) is 6.07 Å². The number of carbonyl (C=O) groups excluding carboxylic acids is 1. The van der Waals surface area contributed by atoms with Crippen LogP contribution < -0.4 is 10.2 Å². The highest BCUT2D eigenvalue weighted by atomic mass is 19.3. The Bertz CT molecular complexity index is 1390. The molecule has 3 aromatic heterocycles. The van der Waals surface area contributed by atoms with Gasteiger partial charge < -0.3 is 10.2 Å². The number of likely N-dealkylation sites (tertiary alicyclic amines) is 1. The van der Waals surface area contributed by atoms with Crippen LogP contribution in [0.1, 0.15) is 22.5 Å². The molecule has 1 aromatic carbocycles. The molecule has 35 heavy (non-hydrogen) atoms. The van der Waals surface area contributed by atoms with Crippen molar-refractivity contribution in [2.75, 3.05) is 36.4 Å². The van der Waals surface area contributed by atoms with Gasteiger partial charge in [-0.25, -0.2) is 13.8 Å². The normalized spacial score (nSPS) is 17.1. The predicted molar refractivity (Wildman–Crippen MR) is 129 cm³/mol. The fourth-order valence-corrected chi connectivity index (χ4v) is 4.41. The summed E-state index contributed by atoms with van der Waals surface area (Å²) in [5.74, 6) is -2.60. The third-order valence-corrected chi connectivity index (χ3v) is 6.44. The number of H-pyrrole nitrogens is 1. The number of alkyl halides is 2. The van der Waals surface area contributed by atoms with Crippen LogP contribution in [0.15, 0.2) is 55.0 Å². The van der Waals surface area contributed by atoms with E-state index in [0.29, 0.717) is 16.9 Å². The first-order chi connectivity index (χ1) is 16.9. The quantitative estimate of drug-likeness (QED) is 0.439. The molecule has 0 atom stereocenters. The summed E-state index contributed by atoms with van der Waals surface area (Å²) in [5.41, 5.74) is 4.55. The number of aromatic nitrogens is 4. The zero-order valence-electron chi connectivity index (χ0n) is 18.8. The van der Waals surface area contributed by atoms with Crippen molar-refractivity contribution in [1.82, 2.24) is 25.1 Å². The SMILES string of the molecule is O=C(Nc1ccc(N2CC(F)(F)C2)nc1)c1n[nH]c2ccc(-c3cncc(CN4CCC4)c3)cc12. The number of rotatable bonds is 6. The second-order valence-electron chi connectivity index (χ2n) is 9.12. The predicted octanol–water partition coefficient (Wildman–Crippen LogP) is 3.93. The molecule has 2 aliphatic rings. The van der Waals surface area contributed by atoms with Crippen molar-refractivity contribution >= 4 is 28.3 Å². The average molecular weight is 476 g/mol. The summed E-state index contributed by atoms with van der Waals surface area (Å²) in [6.45, 7) is 2.44. The summed E-state index contributed by atoms with van der Waals surface area (Å²) in [6, 6.07) is 11.2. The van der Waals surface area contributed by atoms with Crippen LogP contribution in [0.4, 0.5) is 20.3 Å². The van der Waals surface area contributed by atoms with E-state index in [1.54, 1.807) is 12.1 Å². The molecule has 0 spiro atoms. The van der Waals surface area contributed by atoms with Crippen LogP contribution in [-0.4, -0.2) is 63.1 Å². The van der Waals surface area contributed by atoms with Gasteiger partial charge in [0.15, 0.2) is 5.69 Å². The van der Waals surface area contributed by atoms with E-state index < -0.39 is 5.92 Å². The first-order valence-electron chi connectivity index (χ1n) is 11.5. The Morgan fingerprint density at radius 1 is 1.06 bits per heavy atom. The van der Waals surface area contributed by atoms with E-state index in [2.05, 4.69) is 36.4 Å². The molecule has 2 aliphatic heterocycles. The lowest BCUT2D eigenvalue weighted by molar-refractivity contribution is -0.0267. The number of benzene rings is 1. The van der Waals surface area contributed by atoms with Crippen molar-refractivity contribution in [2.45, 2.75) is 18.9 Å².